The molecule has 1 N–H and O–H groups in total. The Kier molecular flexibility index (Phi) is 6.41. The second-order valence-corrected chi connectivity index (χ2v) is 8.27. The van der Waals surface area contributed by atoms with Crippen molar-refractivity contribution in [2.45, 2.75) is 45.6 Å². The Morgan fingerprint density at radius 1 is 1.09 bits per heavy atom. The van der Waals surface area contributed by atoms with Gasteiger partial charge in [-0.25, -0.2) is 5.01 Å². The molecular formula is C26H25F3N2O3. The van der Waals surface area contributed by atoms with E-state index in [1.54, 1.807) is 0 Å². The molecule has 178 valence electrons. The first-order valence-electron chi connectivity index (χ1n) is 10.9. The van der Waals surface area contributed by atoms with E-state index in [1.165, 1.54) is 12.1 Å². The van der Waals surface area contributed by atoms with E-state index in [0.717, 1.165) is 34.5 Å². The van der Waals surface area contributed by atoms with Crippen molar-refractivity contribution in [1.29, 1.82) is 0 Å². The lowest BCUT2D eigenvalue weighted by atomic mass is 10.0. The van der Waals surface area contributed by atoms with Crippen molar-refractivity contribution in [3.63, 3.8) is 0 Å². The molecule has 3 aromatic carbocycles. The van der Waals surface area contributed by atoms with E-state index in [1.807, 2.05) is 66.3 Å². The van der Waals surface area contributed by atoms with Crippen molar-refractivity contribution in [3.8, 4) is 5.75 Å². The van der Waals surface area contributed by atoms with Crippen molar-refractivity contribution in [3.05, 3.63) is 89.0 Å². The molecule has 1 unspecified atom stereocenters. The molecule has 34 heavy (non-hydrogen) atoms. The van der Waals surface area contributed by atoms with E-state index < -0.39 is 23.9 Å². The van der Waals surface area contributed by atoms with Gasteiger partial charge < -0.3 is 9.84 Å². The molecule has 0 fully saturated rings. The Morgan fingerprint density at radius 2 is 1.79 bits per heavy atom. The number of nitrogens with zero attached hydrogens (tertiary/aromatic N) is 2. The first kappa shape index (κ1) is 23.5. The third kappa shape index (κ3) is 4.95. The molecule has 0 spiro atoms. The first-order chi connectivity index (χ1) is 16.1. The maximum Gasteiger partial charge on any atom is 0.416 e. The van der Waals surface area contributed by atoms with Gasteiger partial charge in [0.05, 0.1) is 23.5 Å². The molecule has 0 saturated carbocycles. The van der Waals surface area contributed by atoms with E-state index in [4.69, 9.17) is 9.84 Å². The monoisotopic (exact) mass is 470 g/mol. The summed E-state index contributed by atoms with van der Waals surface area (Å²) in [6, 6.07) is 18.4. The average Bonchev–Trinajstić information content (AvgIpc) is 3.17. The van der Waals surface area contributed by atoms with Gasteiger partial charge in [-0.3, -0.25) is 9.80 Å². The van der Waals surface area contributed by atoms with Crippen LogP contribution in [0.25, 0.3) is 0 Å². The summed E-state index contributed by atoms with van der Waals surface area (Å²) in [6.45, 7) is 4.30. The minimum Gasteiger partial charge on any atom is -0.481 e. The van der Waals surface area contributed by atoms with Crippen LogP contribution in [0.15, 0.2) is 66.7 Å². The number of hydrazine groups is 1. The van der Waals surface area contributed by atoms with E-state index >= 15 is 0 Å². The van der Waals surface area contributed by atoms with Crippen LogP contribution in [0.1, 0.15) is 35.6 Å². The summed E-state index contributed by atoms with van der Waals surface area (Å²) in [4.78, 5) is 10.9. The van der Waals surface area contributed by atoms with Crippen LogP contribution in [0.2, 0.25) is 0 Å². The number of hydrogen-bond acceptors (Lipinski definition) is 4. The van der Waals surface area contributed by atoms with Crippen LogP contribution in [0.5, 0.6) is 5.75 Å². The van der Waals surface area contributed by atoms with Crippen molar-refractivity contribution in [2.75, 3.05) is 10.0 Å². The number of para-hydroxylation sites is 1. The number of carbonyl (C=O) groups is 1. The van der Waals surface area contributed by atoms with Gasteiger partial charge in [0, 0.05) is 6.42 Å². The molecule has 1 atom stereocenters. The second kappa shape index (κ2) is 9.29. The lowest BCUT2D eigenvalue weighted by Crippen LogP contribution is -2.46. The lowest BCUT2D eigenvalue weighted by Gasteiger charge is -2.36. The van der Waals surface area contributed by atoms with Gasteiger partial charge in [0.15, 0.2) is 6.23 Å². The zero-order chi connectivity index (χ0) is 24.5. The minimum atomic E-state index is -4.39. The molecule has 0 aromatic heterocycles. The Balaban J connectivity index is 1.58. The van der Waals surface area contributed by atoms with Gasteiger partial charge in [-0.1, -0.05) is 24.3 Å². The minimum absolute atomic E-state index is 0.0596. The molecule has 0 radical (unpaired) electrons. The van der Waals surface area contributed by atoms with Crippen molar-refractivity contribution < 1.29 is 27.8 Å². The molecule has 8 heteroatoms. The summed E-state index contributed by atoms with van der Waals surface area (Å²) in [6.07, 6.45) is -4.35. The van der Waals surface area contributed by atoms with Gasteiger partial charge in [-0.05, 0) is 79.4 Å². The molecule has 1 aliphatic rings. The maximum atomic E-state index is 13.0. The fraction of sp³-hybridized carbons (Fsp3) is 0.269. The molecule has 0 amide bonds. The molecule has 1 heterocycles. The van der Waals surface area contributed by atoms with Gasteiger partial charge in [0.2, 0.25) is 0 Å². The third-order valence-corrected chi connectivity index (χ3v) is 5.88. The molecule has 4 rings (SSSR count). The van der Waals surface area contributed by atoms with Crippen molar-refractivity contribution in [1.82, 2.24) is 0 Å². The van der Waals surface area contributed by atoms with Crippen LogP contribution in [0, 0.1) is 6.92 Å². The van der Waals surface area contributed by atoms with Crippen molar-refractivity contribution >= 4 is 17.3 Å². The van der Waals surface area contributed by atoms with E-state index in [2.05, 4.69) is 0 Å². The zero-order valence-corrected chi connectivity index (χ0v) is 18.8. The SMILES string of the molecule is Cc1cc(OC(C)N2c3ccccc3CN2c2ccc(C(F)(F)F)cc2)ccc1CCC(=O)O. The number of fused-ring (bicyclic) bond motifs is 1. The van der Waals surface area contributed by atoms with E-state index in [-0.39, 0.29) is 6.42 Å². The number of halogens is 3. The molecule has 3 aromatic rings. The number of hydrogen-bond donors (Lipinski definition) is 1. The highest BCUT2D eigenvalue weighted by molar-refractivity contribution is 5.68. The molecular weight excluding hydrogens is 445 g/mol. The van der Waals surface area contributed by atoms with Crippen LogP contribution < -0.4 is 14.8 Å². The highest BCUT2D eigenvalue weighted by Gasteiger charge is 2.34. The van der Waals surface area contributed by atoms with Crippen LogP contribution in [0.4, 0.5) is 24.5 Å². The summed E-state index contributed by atoms with van der Waals surface area (Å²) >= 11 is 0. The van der Waals surface area contributed by atoms with E-state index in [0.29, 0.717) is 24.4 Å². The summed E-state index contributed by atoms with van der Waals surface area (Å²) in [5, 5.41) is 12.8. The second-order valence-electron chi connectivity index (χ2n) is 8.27. The summed E-state index contributed by atoms with van der Waals surface area (Å²) < 4.78 is 45.3. The van der Waals surface area contributed by atoms with Gasteiger partial charge in [-0.2, -0.15) is 13.2 Å². The Labute approximate surface area is 196 Å². The van der Waals surface area contributed by atoms with Crippen LogP contribution in [-0.2, 0) is 23.9 Å². The molecule has 1 aliphatic heterocycles. The normalized spacial score (nSPS) is 14.1. The highest BCUT2D eigenvalue weighted by Crippen LogP contribution is 2.38. The Bertz CT molecular complexity index is 1180. The largest absolute Gasteiger partial charge is 0.481 e. The quantitative estimate of drug-likeness (QED) is 0.446. The molecule has 5 nitrogen and oxygen atoms in total. The zero-order valence-electron chi connectivity index (χ0n) is 18.8. The molecule has 0 bridgehead atoms. The lowest BCUT2D eigenvalue weighted by molar-refractivity contribution is -0.138. The number of anilines is 2. The predicted octanol–water partition coefficient (Wildman–Crippen LogP) is 6.20. The summed E-state index contributed by atoms with van der Waals surface area (Å²) in [5.74, 6) is -0.217. The summed E-state index contributed by atoms with van der Waals surface area (Å²) in [5.41, 5.74) is 3.78. The first-order valence-corrected chi connectivity index (χ1v) is 10.9. The topological polar surface area (TPSA) is 53.0 Å². The molecule has 0 saturated heterocycles. The van der Waals surface area contributed by atoms with E-state index in [9.17, 15) is 18.0 Å². The third-order valence-electron chi connectivity index (χ3n) is 5.88. The number of alkyl halides is 3. The number of rotatable bonds is 7. The fourth-order valence-corrected chi connectivity index (χ4v) is 4.18. The number of benzene rings is 3. The van der Waals surface area contributed by atoms with Gasteiger partial charge in [0.25, 0.3) is 0 Å². The predicted molar refractivity (Wildman–Crippen MR) is 124 cm³/mol. The highest BCUT2D eigenvalue weighted by atomic mass is 19.4. The van der Waals surface area contributed by atoms with Gasteiger partial charge in [-0.15, -0.1) is 0 Å². The number of aliphatic carboxylic acids is 1. The van der Waals surface area contributed by atoms with Gasteiger partial charge >= 0.3 is 12.1 Å². The average molecular weight is 470 g/mol. The fourth-order valence-electron chi connectivity index (χ4n) is 4.18. The maximum absolute atomic E-state index is 13.0. The van der Waals surface area contributed by atoms with Crippen LogP contribution >= 0.6 is 0 Å². The van der Waals surface area contributed by atoms with Crippen LogP contribution in [0.3, 0.4) is 0 Å². The molecule has 0 aliphatic carbocycles. The number of aryl methyl sites for hydroxylation is 2. The van der Waals surface area contributed by atoms with Crippen LogP contribution in [-0.4, -0.2) is 17.3 Å². The van der Waals surface area contributed by atoms with Gasteiger partial charge in [0.1, 0.15) is 5.75 Å². The standard InChI is InChI=1S/C26H25F3N2O3/c1-17-15-23(13-7-19(17)8-14-25(32)33)34-18(2)31-24-6-4-3-5-20(24)16-30(31)22-11-9-21(10-12-22)26(27,28)29/h3-7,9-13,15,18H,8,14,16H2,1-2H3,(H,32,33). The summed E-state index contributed by atoms with van der Waals surface area (Å²) in [7, 11) is 0. The number of carboxylic acids is 1. The van der Waals surface area contributed by atoms with Crippen molar-refractivity contribution in [2.24, 2.45) is 0 Å². The Hall–Kier alpha value is -3.68. The number of carboxylic acid groups (broad SMARTS) is 1. The Morgan fingerprint density at radius 3 is 2.44 bits per heavy atom. The smallest absolute Gasteiger partial charge is 0.416 e. The number of ether oxygens (including phenoxy) is 1.